The smallest absolute Gasteiger partial charge is 0.263 e. The van der Waals surface area contributed by atoms with Crippen LogP contribution < -0.4 is 10.2 Å². The molecular formula is C22H23N5O2S. The number of ether oxygens (including phenoxy) is 1. The number of amides is 1. The number of aryl methyl sites for hydroxylation is 1. The van der Waals surface area contributed by atoms with E-state index in [4.69, 9.17) is 9.72 Å². The van der Waals surface area contributed by atoms with Gasteiger partial charge in [0.2, 0.25) is 0 Å². The van der Waals surface area contributed by atoms with Crippen molar-refractivity contribution in [2.45, 2.75) is 38.6 Å². The third-order valence-electron chi connectivity index (χ3n) is 5.41. The van der Waals surface area contributed by atoms with Gasteiger partial charge in [-0.05, 0) is 26.7 Å². The van der Waals surface area contributed by atoms with Crippen molar-refractivity contribution in [3.8, 4) is 0 Å². The van der Waals surface area contributed by atoms with Gasteiger partial charge in [-0.25, -0.2) is 9.97 Å². The molecule has 0 saturated carbocycles. The summed E-state index contributed by atoms with van der Waals surface area (Å²) >= 11 is 1.41. The van der Waals surface area contributed by atoms with Crippen LogP contribution in [-0.2, 0) is 18.2 Å². The van der Waals surface area contributed by atoms with Crippen molar-refractivity contribution in [1.29, 1.82) is 0 Å². The standard InChI is InChI=1S/C22H23N5O2S/c1-22(2)10-16-19(20(28)25-22)30-21(24-16)27-8-9-29-18(12-27)15-7-5-4-6-14(15)17-11-23-13-26(17)3/h4,6,8-9,11-13H,5,7,10H2,1-3H3,(H,25,28). The number of hydrogen-bond acceptors (Lipinski definition) is 6. The Labute approximate surface area is 179 Å². The summed E-state index contributed by atoms with van der Waals surface area (Å²) in [6, 6.07) is 0. The predicted molar refractivity (Wildman–Crippen MR) is 117 cm³/mol. The van der Waals surface area contributed by atoms with Crippen LogP contribution in [0.5, 0.6) is 0 Å². The first-order chi connectivity index (χ1) is 14.4. The lowest BCUT2D eigenvalue weighted by Crippen LogP contribution is -2.48. The number of thiazole rings is 1. The Hall–Kier alpha value is -3.13. The molecule has 8 heteroatoms. The van der Waals surface area contributed by atoms with Crippen LogP contribution in [-0.4, -0.2) is 26.0 Å². The van der Waals surface area contributed by atoms with Gasteiger partial charge in [0.05, 0.1) is 30.1 Å². The molecule has 30 heavy (non-hydrogen) atoms. The molecule has 0 saturated heterocycles. The van der Waals surface area contributed by atoms with Crippen LogP contribution in [0.2, 0.25) is 0 Å². The van der Waals surface area contributed by atoms with Crippen LogP contribution in [0, 0.1) is 0 Å². The lowest BCUT2D eigenvalue weighted by molar-refractivity contribution is 0.0901. The van der Waals surface area contributed by atoms with Crippen molar-refractivity contribution in [3.63, 3.8) is 0 Å². The van der Waals surface area contributed by atoms with E-state index in [1.165, 1.54) is 11.3 Å². The van der Waals surface area contributed by atoms with Crippen molar-refractivity contribution < 1.29 is 9.53 Å². The molecule has 1 N–H and O–H groups in total. The zero-order valence-corrected chi connectivity index (χ0v) is 18.0. The summed E-state index contributed by atoms with van der Waals surface area (Å²) in [5.74, 6) is 0.737. The van der Waals surface area contributed by atoms with Gasteiger partial charge < -0.3 is 14.6 Å². The quantitative estimate of drug-likeness (QED) is 0.814. The molecule has 2 aromatic heterocycles. The number of allylic oxidation sites excluding steroid dienone is 4. The first-order valence-corrected chi connectivity index (χ1v) is 10.8. The van der Waals surface area contributed by atoms with Crippen LogP contribution in [0.15, 0.2) is 54.7 Å². The van der Waals surface area contributed by atoms with Crippen molar-refractivity contribution >= 4 is 27.9 Å². The van der Waals surface area contributed by atoms with E-state index in [9.17, 15) is 4.79 Å². The second-order valence-corrected chi connectivity index (χ2v) is 9.29. The lowest BCUT2D eigenvalue weighted by atomic mass is 9.94. The Morgan fingerprint density at radius 1 is 1.33 bits per heavy atom. The SMILES string of the molecule is Cn1cncc1C1=C(C2=CN(c3nc4c(s3)C(=O)NC(C)(C)C4)C=CO2)CCC=C1. The summed E-state index contributed by atoms with van der Waals surface area (Å²) in [4.78, 5) is 24.1. The minimum atomic E-state index is -0.283. The molecule has 7 nitrogen and oxygen atoms in total. The third kappa shape index (κ3) is 3.27. The molecule has 0 spiro atoms. The second kappa shape index (κ2) is 6.98. The maximum absolute atomic E-state index is 12.5. The highest BCUT2D eigenvalue weighted by Gasteiger charge is 2.34. The fourth-order valence-electron chi connectivity index (χ4n) is 3.99. The zero-order valence-electron chi connectivity index (χ0n) is 17.2. The van der Waals surface area contributed by atoms with Gasteiger partial charge >= 0.3 is 0 Å². The Morgan fingerprint density at radius 2 is 2.20 bits per heavy atom. The lowest BCUT2D eigenvalue weighted by Gasteiger charge is -2.29. The number of nitrogens with one attached hydrogen (secondary N) is 1. The van der Waals surface area contributed by atoms with Crippen molar-refractivity contribution in [2.75, 3.05) is 4.90 Å². The number of imidazole rings is 1. The average molecular weight is 422 g/mol. The molecule has 0 unspecified atom stereocenters. The van der Waals surface area contributed by atoms with Gasteiger partial charge in [0.25, 0.3) is 5.91 Å². The zero-order chi connectivity index (χ0) is 20.9. The van der Waals surface area contributed by atoms with Gasteiger partial charge in [-0.3, -0.25) is 9.69 Å². The Kier molecular flexibility index (Phi) is 4.39. The van der Waals surface area contributed by atoms with Crippen molar-refractivity contribution in [3.05, 3.63) is 70.9 Å². The summed E-state index contributed by atoms with van der Waals surface area (Å²) in [5.41, 5.74) is 3.87. The van der Waals surface area contributed by atoms with E-state index in [0.29, 0.717) is 4.88 Å². The van der Waals surface area contributed by atoms with Gasteiger partial charge in [-0.1, -0.05) is 23.5 Å². The monoisotopic (exact) mass is 421 g/mol. The average Bonchev–Trinajstić information content (AvgIpc) is 3.33. The number of aromatic nitrogens is 3. The van der Waals surface area contributed by atoms with Crippen LogP contribution in [0.25, 0.3) is 5.57 Å². The number of carbonyl (C=O) groups excluding carboxylic acids is 1. The second-order valence-electron chi connectivity index (χ2n) is 8.31. The number of carbonyl (C=O) groups is 1. The summed E-state index contributed by atoms with van der Waals surface area (Å²) in [5, 5.41) is 3.81. The molecule has 3 aliphatic rings. The van der Waals surface area contributed by atoms with E-state index < -0.39 is 0 Å². The normalized spacial score (nSPS) is 20.0. The van der Waals surface area contributed by atoms with Gasteiger partial charge in [-0.15, -0.1) is 0 Å². The fourth-order valence-corrected chi connectivity index (χ4v) is 4.92. The molecule has 0 aromatic carbocycles. The molecule has 0 bridgehead atoms. The van der Waals surface area contributed by atoms with Crippen LogP contribution in [0.3, 0.4) is 0 Å². The van der Waals surface area contributed by atoms with E-state index in [2.05, 4.69) is 22.5 Å². The number of anilines is 1. The van der Waals surface area contributed by atoms with Gasteiger partial charge in [0.15, 0.2) is 5.13 Å². The van der Waals surface area contributed by atoms with Crippen LogP contribution in [0.4, 0.5) is 5.13 Å². The summed E-state index contributed by atoms with van der Waals surface area (Å²) < 4.78 is 7.92. The largest absolute Gasteiger partial charge is 0.462 e. The Morgan fingerprint density at radius 3 is 3.00 bits per heavy atom. The third-order valence-corrected chi connectivity index (χ3v) is 6.52. The maximum atomic E-state index is 12.5. The molecule has 0 fully saturated rings. The molecular weight excluding hydrogens is 398 g/mol. The Balaban J connectivity index is 1.52. The fraction of sp³-hybridized carbons (Fsp3) is 0.318. The first-order valence-electron chi connectivity index (χ1n) is 9.94. The minimum absolute atomic E-state index is 0.0509. The van der Waals surface area contributed by atoms with Crippen molar-refractivity contribution in [2.24, 2.45) is 7.05 Å². The van der Waals surface area contributed by atoms with Gasteiger partial charge in [0.1, 0.15) is 16.9 Å². The summed E-state index contributed by atoms with van der Waals surface area (Å²) in [6.45, 7) is 4.03. The molecule has 0 radical (unpaired) electrons. The number of hydrogen-bond donors (Lipinski definition) is 1. The molecule has 154 valence electrons. The van der Waals surface area contributed by atoms with Crippen LogP contribution >= 0.6 is 11.3 Å². The molecule has 1 amide bonds. The highest BCUT2D eigenvalue weighted by Crippen LogP contribution is 2.37. The van der Waals surface area contributed by atoms with E-state index >= 15 is 0 Å². The van der Waals surface area contributed by atoms with Gasteiger partial charge in [0, 0.05) is 36.4 Å². The number of fused-ring (bicyclic) bond motifs is 1. The van der Waals surface area contributed by atoms with Gasteiger partial charge in [-0.2, -0.15) is 0 Å². The molecule has 4 heterocycles. The number of nitrogens with zero attached hydrogens (tertiary/aromatic N) is 4. The van der Waals surface area contributed by atoms with E-state index in [0.717, 1.165) is 52.7 Å². The van der Waals surface area contributed by atoms with E-state index in [-0.39, 0.29) is 11.4 Å². The van der Waals surface area contributed by atoms with E-state index in [1.807, 2.05) is 49.0 Å². The number of rotatable bonds is 3. The molecule has 5 rings (SSSR count). The summed E-state index contributed by atoms with van der Waals surface area (Å²) in [6.07, 6.45) is 16.0. The maximum Gasteiger partial charge on any atom is 0.263 e. The molecule has 0 atom stereocenters. The van der Waals surface area contributed by atoms with Crippen LogP contribution in [0.1, 0.15) is 47.7 Å². The molecule has 1 aliphatic carbocycles. The molecule has 2 aromatic rings. The predicted octanol–water partition coefficient (Wildman–Crippen LogP) is 3.89. The highest BCUT2D eigenvalue weighted by molar-refractivity contribution is 7.17. The highest BCUT2D eigenvalue weighted by atomic mass is 32.1. The van der Waals surface area contributed by atoms with E-state index in [1.54, 1.807) is 12.6 Å². The molecule has 2 aliphatic heterocycles. The first kappa shape index (κ1) is 18.9. The van der Waals surface area contributed by atoms with Crippen molar-refractivity contribution in [1.82, 2.24) is 19.9 Å². The topological polar surface area (TPSA) is 72.3 Å². The minimum Gasteiger partial charge on any atom is -0.462 e. The summed E-state index contributed by atoms with van der Waals surface area (Å²) in [7, 11) is 1.99. The Bertz CT molecular complexity index is 1150.